The Morgan fingerprint density at radius 1 is 1.18 bits per heavy atom. The zero-order valence-electron chi connectivity index (χ0n) is 20.3. The molecule has 0 saturated carbocycles. The number of nitrogens with zero attached hydrogens (tertiary/aromatic N) is 4. The van der Waals surface area contributed by atoms with Crippen molar-refractivity contribution in [1.82, 2.24) is 14.9 Å². The summed E-state index contributed by atoms with van der Waals surface area (Å²) in [5.74, 6) is 1.63. The predicted molar refractivity (Wildman–Crippen MR) is 132 cm³/mol. The lowest BCUT2D eigenvalue weighted by Gasteiger charge is -2.31. The van der Waals surface area contributed by atoms with Crippen LogP contribution < -0.4 is 15.4 Å². The van der Waals surface area contributed by atoms with E-state index in [1.807, 2.05) is 4.90 Å². The summed E-state index contributed by atoms with van der Waals surface area (Å²) in [6.45, 7) is 7.94. The van der Waals surface area contributed by atoms with Crippen LogP contribution >= 0.6 is 0 Å². The van der Waals surface area contributed by atoms with E-state index in [9.17, 15) is 9.59 Å². The molecule has 2 aliphatic heterocycles. The molecule has 1 aromatic carbocycles. The Labute approximate surface area is 201 Å². The SMILES string of the molecule is CCCCOc1nc(N)c2c(n1)N(Cc1cccc(CN3CCC(C(C)=O)CC3)c1)CC(=O)C2. The average Bonchev–Trinajstić information content (AvgIpc) is 2.81. The van der Waals surface area contributed by atoms with Gasteiger partial charge in [0.25, 0.3) is 0 Å². The van der Waals surface area contributed by atoms with Gasteiger partial charge in [-0.05, 0) is 50.4 Å². The fourth-order valence-electron chi connectivity index (χ4n) is 4.75. The Hall–Kier alpha value is -3.00. The summed E-state index contributed by atoms with van der Waals surface area (Å²) < 4.78 is 5.70. The van der Waals surface area contributed by atoms with Gasteiger partial charge in [-0.2, -0.15) is 9.97 Å². The van der Waals surface area contributed by atoms with Crippen molar-refractivity contribution in [2.24, 2.45) is 5.92 Å². The highest BCUT2D eigenvalue weighted by atomic mass is 16.5. The van der Waals surface area contributed by atoms with Crippen LogP contribution in [0.25, 0.3) is 0 Å². The zero-order valence-corrected chi connectivity index (χ0v) is 20.3. The first-order chi connectivity index (χ1) is 16.4. The van der Waals surface area contributed by atoms with E-state index in [2.05, 4.69) is 46.1 Å². The van der Waals surface area contributed by atoms with Crippen LogP contribution in [-0.4, -0.2) is 52.7 Å². The third-order valence-electron chi connectivity index (χ3n) is 6.70. The van der Waals surface area contributed by atoms with Crippen molar-refractivity contribution >= 4 is 23.2 Å². The highest BCUT2D eigenvalue weighted by molar-refractivity contribution is 5.91. The highest BCUT2D eigenvalue weighted by Gasteiger charge is 2.28. The van der Waals surface area contributed by atoms with Gasteiger partial charge >= 0.3 is 6.01 Å². The Bertz CT molecular complexity index is 1030. The number of likely N-dealkylation sites (tertiary alicyclic amines) is 1. The number of rotatable bonds is 9. The smallest absolute Gasteiger partial charge is 0.320 e. The number of nitrogen functional groups attached to an aromatic ring is 1. The molecule has 1 saturated heterocycles. The largest absolute Gasteiger partial charge is 0.463 e. The van der Waals surface area contributed by atoms with Crippen molar-refractivity contribution in [3.63, 3.8) is 0 Å². The number of Topliss-reactive ketones (excluding diaryl/α,β-unsaturated/α-hetero) is 2. The normalized spacial score (nSPS) is 17.0. The number of anilines is 2. The monoisotopic (exact) mass is 465 g/mol. The van der Waals surface area contributed by atoms with E-state index in [1.165, 1.54) is 5.56 Å². The van der Waals surface area contributed by atoms with E-state index in [-0.39, 0.29) is 24.1 Å². The Balaban J connectivity index is 1.47. The minimum atomic E-state index is 0.104. The van der Waals surface area contributed by atoms with Crippen molar-refractivity contribution < 1.29 is 14.3 Å². The number of carbonyl (C=O) groups excluding carboxylic acids is 2. The van der Waals surface area contributed by atoms with Gasteiger partial charge in [0.1, 0.15) is 17.4 Å². The van der Waals surface area contributed by atoms with Gasteiger partial charge in [-0.15, -0.1) is 0 Å². The summed E-state index contributed by atoms with van der Waals surface area (Å²) in [5, 5.41) is 0. The van der Waals surface area contributed by atoms with E-state index >= 15 is 0 Å². The number of piperidine rings is 1. The molecule has 2 aliphatic rings. The minimum Gasteiger partial charge on any atom is -0.463 e. The summed E-state index contributed by atoms with van der Waals surface area (Å²) in [7, 11) is 0. The lowest BCUT2D eigenvalue weighted by molar-refractivity contribution is -0.122. The molecule has 0 spiro atoms. The van der Waals surface area contributed by atoms with Crippen molar-refractivity contribution in [1.29, 1.82) is 0 Å². The molecule has 2 N–H and O–H groups in total. The Morgan fingerprint density at radius 2 is 1.91 bits per heavy atom. The number of ketones is 2. The molecule has 1 aromatic heterocycles. The number of benzene rings is 1. The van der Waals surface area contributed by atoms with Crippen molar-refractivity contribution in [2.75, 3.05) is 36.9 Å². The first kappa shape index (κ1) is 24.1. The van der Waals surface area contributed by atoms with Gasteiger partial charge in [-0.1, -0.05) is 37.6 Å². The van der Waals surface area contributed by atoms with Crippen LogP contribution in [0.1, 0.15) is 56.2 Å². The van der Waals surface area contributed by atoms with Gasteiger partial charge in [0, 0.05) is 31.0 Å². The molecular formula is C26H35N5O3. The Kier molecular flexibility index (Phi) is 7.77. The standard InChI is InChI=1S/C26H35N5O3/c1-3-4-12-34-26-28-24(27)23-14-22(33)17-31(25(23)29-26)16-20-7-5-6-19(13-20)15-30-10-8-21(9-11-30)18(2)32/h5-7,13,21H,3-4,8-12,14-17H2,1-2H3,(H2,27,28,29). The van der Waals surface area contributed by atoms with Gasteiger partial charge < -0.3 is 15.4 Å². The molecule has 4 rings (SSSR count). The van der Waals surface area contributed by atoms with E-state index < -0.39 is 0 Å². The molecule has 34 heavy (non-hydrogen) atoms. The van der Waals surface area contributed by atoms with Gasteiger partial charge in [-0.3, -0.25) is 14.5 Å². The molecule has 0 radical (unpaired) electrons. The maximum absolute atomic E-state index is 12.5. The van der Waals surface area contributed by atoms with Crippen molar-refractivity contribution in [3.8, 4) is 6.01 Å². The average molecular weight is 466 g/mol. The molecule has 1 fully saturated rings. The van der Waals surface area contributed by atoms with Gasteiger partial charge in [0.05, 0.1) is 13.2 Å². The van der Waals surface area contributed by atoms with Crippen LogP contribution in [-0.2, 0) is 29.1 Å². The second-order valence-electron chi connectivity index (χ2n) is 9.45. The lowest BCUT2D eigenvalue weighted by atomic mass is 9.93. The van der Waals surface area contributed by atoms with Crippen molar-refractivity contribution in [2.45, 2.75) is 59.0 Å². The van der Waals surface area contributed by atoms with Crippen LogP contribution in [0.4, 0.5) is 11.6 Å². The topological polar surface area (TPSA) is 102 Å². The fraction of sp³-hybridized carbons (Fsp3) is 0.538. The van der Waals surface area contributed by atoms with Gasteiger partial charge in [-0.25, -0.2) is 0 Å². The summed E-state index contributed by atoms with van der Waals surface area (Å²) >= 11 is 0. The first-order valence-corrected chi connectivity index (χ1v) is 12.3. The maximum atomic E-state index is 12.5. The number of carbonyl (C=O) groups is 2. The van der Waals surface area contributed by atoms with Gasteiger partial charge in [0.2, 0.25) is 0 Å². The molecule has 182 valence electrons. The molecule has 2 aromatic rings. The molecule has 0 amide bonds. The van der Waals surface area contributed by atoms with Gasteiger partial charge in [0.15, 0.2) is 5.78 Å². The molecule has 0 bridgehead atoms. The zero-order chi connectivity index (χ0) is 24.1. The number of nitrogens with two attached hydrogens (primary N) is 1. The van der Waals surface area contributed by atoms with Crippen LogP contribution in [0.2, 0.25) is 0 Å². The van der Waals surface area contributed by atoms with Crippen LogP contribution in [0.5, 0.6) is 6.01 Å². The van der Waals surface area contributed by atoms with Crippen LogP contribution in [0, 0.1) is 5.92 Å². The first-order valence-electron chi connectivity index (χ1n) is 12.3. The Morgan fingerprint density at radius 3 is 2.62 bits per heavy atom. The summed E-state index contributed by atoms with van der Waals surface area (Å²) in [5.41, 5.74) is 9.21. The molecule has 8 heteroatoms. The number of hydrogen-bond donors (Lipinski definition) is 1. The third-order valence-corrected chi connectivity index (χ3v) is 6.70. The summed E-state index contributed by atoms with van der Waals surface area (Å²) in [4.78, 5) is 37.4. The van der Waals surface area contributed by atoms with E-state index in [0.717, 1.165) is 50.9 Å². The van der Waals surface area contributed by atoms with Crippen molar-refractivity contribution in [3.05, 3.63) is 41.0 Å². The second-order valence-corrected chi connectivity index (χ2v) is 9.45. The molecule has 8 nitrogen and oxygen atoms in total. The number of hydrogen-bond acceptors (Lipinski definition) is 8. The minimum absolute atomic E-state index is 0.104. The molecule has 0 aliphatic carbocycles. The van der Waals surface area contributed by atoms with Crippen LogP contribution in [0.15, 0.2) is 24.3 Å². The van der Waals surface area contributed by atoms with E-state index in [1.54, 1.807) is 6.92 Å². The molecular weight excluding hydrogens is 430 g/mol. The quantitative estimate of drug-likeness (QED) is 0.564. The maximum Gasteiger partial charge on any atom is 0.320 e. The van der Waals surface area contributed by atoms with E-state index in [0.29, 0.717) is 42.7 Å². The second kappa shape index (κ2) is 11.0. The lowest BCUT2D eigenvalue weighted by Crippen LogP contribution is -2.37. The number of unbranched alkanes of at least 4 members (excludes halogenated alkanes) is 1. The van der Waals surface area contributed by atoms with E-state index in [4.69, 9.17) is 10.5 Å². The third kappa shape index (κ3) is 5.91. The summed E-state index contributed by atoms with van der Waals surface area (Å²) in [6.07, 6.45) is 4.06. The summed E-state index contributed by atoms with van der Waals surface area (Å²) in [6, 6.07) is 8.74. The molecule has 0 atom stereocenters. The number of ether oxygens (including phenoxy) is 1. The highest BCUT2D eigenvalue weighted by Crippen LogP contribution is 2.31. The van der Waals surface area contributed by atoms with Crippen LogP contribution in [0.3, 0.4) is 0 Å². The fourth-order valence-corrected chi connectivity index (χ4v) is 4.75. The number of fused-ring (bicyclic) bond motifs is 1. The number of aromatic nitrogens is 2. The predicted octanol–water partition coefficient (Wildman–Crippen LogP) is 3.17. The molecule has 3 heterocycles. The molecule has 0 unspecified atom stereocenters.